The van der Waals surface area contributed by atoms with E-state index in [0.717, 1.165) is 33.0 Å². The van der Waals surface area contributed by atoms with Crippen molar-refractivity contribution in [2.24, 2.45) is 0 Å². The zero-order valence-corrected chi connectivity index (χ0v) is 12.4. The van der Waals surface area contributed by atoms with E-state index in [0.29, 0.717) is 0 Å². The molecule has 3 aromatic rings. The van der Waals surface area contributed by atoms with Crippen LogP contribution in [0.5, 0.6) is 5.75 Å². The average Bonchev–Trinajstić information content (AvgIpc) is 2.78. The van der Waals surface area contributed by atoms with Crippen LogP contribution in [-0.4, -0.2) is 12.2 Å². The maximum Gasteiger partial charge on any atom is 0.123 e. The molecule has 0 radical (unpaired) electrons. The molecule has 0 saturated carbocycles. The topological polar surface area (TPSA) is 29.5 Å². The monoisotopic (exact) mass is 294 g/mol. The molecular weight excluding hydrogens is 279 g/mol. The van der Waals surface area contributed by atoms with E-state index in [1.807, 2.05) is 31.2 Å². The van der Waals surface area contributed by atoms with Crippen LogP contribution in [0.1, 0.15) is 18.1 Å². The summed E-state index contributed by atoms with van der Waals surface area (Å²) < 4.78 is 19.5. The number of aromatic hydroxyl groups is 1. The van der Waals surface area contributed by atoms with Gasteiger partial charge in [-0.05, 0) is 47.2 Å². The molecule has 0 amide bonds. The van der Waals surface area contributed by atoms with Crippen LogP contribution in [0, 0.1) is 5.82 Å². The minimum absolute atomic E-state index is 0.214. The number of methoxy groups -OCH3 is 1. The second-order valence-corrected chi connectivity index (χ2v) is 5.79. The highest BCUT2D eigenvalue weighted by Crippen LogP contribution is 2.53. The number of hydrogen-bond acceptors (Lipinski definition) is 2. The molecule has 1 unspecified atom stereocenters. The van der Waals surface area contributed by atoms with Gasteiger partial charge >= 0.3 is 0 Å². The van der Waals surface area contributed by atoms with Crippen molar-refractivity contribution in [3.63, 3.8) is 0 Å². The van der Waals surface area contributed by atoms with Crippen LogP contribution in [0.4, 0.5) is 4.39 Å². The highest BCUT2D eigenvalue weighted by Gasteiger charge is 2.41. The molecule has 0 bridgehead atoms. The second kappa shape index (κ2) is 4.31. The zero-order valence-electron chi connectivity index (χ0n) is 12.4. The Morgan fingerprint density at radius 2 is 1.73 bits per heavy atom. The molecule has 22 heavy (non-hydrogen) atoms. The first kappa shape index (κ1) is 13.3. The van der Waals surface area contributed by atoms with Gasteiger partial charge in [-0.25, -0.2) is 4.39 Å². The van der Waals surface area contributed by atoms with Crippen LogP contribution in [0.2, 0.25) is 0 Å². The summed E-state index contributed by atoms with van der Waals surface area (Å²) in [6.07, 6.45) is 0. The summed E-state index contributed by atoms with van der Waals surface area (Å²) in [4.78, 5) is 0. The fourth-order valence-electron chi connectivity index (χ4n) is 3.52. The predicted molar refractivity (Wildman–Crippen MR) is 84.5 cm³/mol. The van der Waals surface area contributed by atoms with Gasteiger partial charge in [0.15, 0.2) is 0 Å². The van der Waals surface area contributed by atoms with E-state index in [1.54, 1.807) is 19.2 Å². The standard InChI is InChI=1S/C19H15FO2/c1-19(22-2)15-9-11(20)7-8-14(15)18-13-6-4-3-5-12(13)17(21)10-16(18)19/h3-10,21H,1-2H3. The number of fused-ring (bicyclic) bond motifs is 5. The Morgan fingerprint density at radius 1 is 1.00 bits per heavy atom. The molecule has 1 N–H and O–H groups in total. The molecule has 1 atom stereocenters. The summed E-state index contributed by atoms with van der Waals surface area (Å²) in [5.41, 5.74) is 2.85. The molecule has 3 aromatic carbocycles. The number of benzene rings is 3. The maximum absolute atomic E-state index is 13.8. The van der Waals surface area contributed by atoms with Crippen LogP contribution in [0.15, 0.2) is 48.5 Å². The van der Waals surface area contributed by atoms with Gasteiger partial charge in [0, 0.05) is 18.1 Å². The first-order chi connectivity index (χ1) is 10.6. The molecule has 1 aliphatic carbocycles. The van der Waals surface area contributed by atoms with Crippen molar-refractivity contribution in [1.82, 2.24) is 0 Å². The zero-order chi connectivity index (χ0) is 15.5. The van der Waals surface area contributed by atoms with Gasteiger partial charge in [0.1, 0.15) is 17.2 Å². The highest BCUT2D eigenvalue weighted by molar-refractivity contribution is 6.04. The maximum atomic E-state index is 13.8. The Hall–Kier alpha value is -2.39. The molecule has 4 rings (SSSR count). The number of phenols is 1. The Balaban J connectivity index is 2.21. The molecule has 0 aliphatic heterocycles. The fourth-order valence-corrected chi connectivity index (χ4v) is 3.52. The lowest BCUT2D eigenvalue weighted by molar-refractivity contribution is 0.0427. The molecule has 0 heterocycles. The summed E-state index contributed by atoms with van der Waals surface area (Å²) in [7, 11) is 1.61. The normalized spacial score (nSPS) is 19.2. The molecule has 0 spiro atoms. The number of phenolic OH excluding ortho intramolecular Hbond substituents is 1. The minimum atomic E-state index is -0.770. The third-order valence-electron chi connectivity index (χ3n) is 4.71. The van der Waals surface area contributed by atoms with E-state index in [2.05, 4.69) is 0 Å². The van der Waals surface area contributed by atoms with Crippen molar-refractivity contribution in [3.8, 4) is 16.9 Å². The molecule has 2 nitrogen and oxygen atoms in total. The average molecular weight is 294 g/mol. The smallest absolute Gasteiger partial charge is 0.123 e. The Kier molecular flexibility index (Phi) is 2.60. The van der Waals surface area contributed by atoms with Gasteiger partial charge in [-0.2, -0.15) is 0 Å². The first-order valence-corrected chi connectivity index (χ1v) is 7.17. The molecule has 1 aliphatic rings. The van der Waals surface area contributed by atoms with Gasteiger partial charge in [-0.1, -0.05) is 30.3 Å². The van der Waals surface area contributed by atoms with Crippen molar-refractivity contribution in [2.45, 2.75) is 12.5 Å². The number of halogens is 1. The predicted octanol–water partition coefficient (Wildman–Crippen LogP) is 4.57. The highest BCUT2D eigenvalue weighted by atomic mass is 19.1. The number of ether oxygens (including phenoxy) is 1. The minimum Gasteiger partial charge on any atom is -0.507 e. The van der Waals surface area contributed by atoms with Crippen LogP contribution < -0.4 is 0 Å². The van der Waals surface area contributed by atoms with Crippen molar-refractivity contribution < 1.29 is 14.2 Å². The van der Waals surface area contributed by atoms with Gasteiger partial charge < -0.3 is 9.84 Å². The van der Waals surface area contributed by atoms with Crippen molar-refractivity contribution in [3.05, 3.63) is 65.5 Å². The summed E-state index contributed by atoms with van der Waals surface area (Å²) in [5, 5.41) is 12.1. The van der Waals surface area contributed by atoms with Gasteiger partial charge in [0.25, 0.3) is 0 Å². The van der Waals surface area contributed by atoms with Crippen molar-refractivity contribution in [2.75, 3.05) is 7.11 Å². The molecule has 110 valence electrons. The van der Waals surface area contributed by atoms with Crippen LogP contribution in [0.3, 0.4) is 0 Å². The molecular formula is C19H15FO2. The molecule has 0 saturated heterocycles. The molecule has 0 aromatic heterocycles. The van der Waals surface area contributed by atoms with Crippen LogP contribution in [0.25, 0.3) is 21.9 Å². The lowest BCUT2D eigenvalue weighted by atomic mass is 9.91. The number of rotatable bonds is 1. The van der Waals surface area contributed by atoms with E-state index < -0.39 is 5.60 Å². The van der Waals surface area contributed by atoms with E-state index in [-0.39, 0.29) is 11.6 Å². The second-order valence-electron chi connectivity index (χ2n) is 5.79. The van der Waals surface area contributed by atoms with Gasteiger partial charge in [0.2, 0.25) is 0 Å². The fraction of sp³-hybridized carbons (Fsp3) is 0.158. The Bertz CT molecular complexity index is 917. The molecule has 3 heteroatoms. The van der Waals surface area contributed by atoms with Gasteiger partial charge in [-0.3, -0.25) is 0 Å². The first-order valence-electron chi connectivity index (χ1n) is 7.17. The van der Waals surface area contributed by atoms with Gasteiger partial charge in [0.05, 0.1) is 0 Å². The summed E-state index contributed by atoms with van der Waals surface area (Å²) in [5.74, 6) is -0.0748. The lowest BCUT2D eigenvalue weighted by Crippen LogP contribution is -2.23. The summed E-state index contributed by atoms with van der Waals surface area (Å²) in [6, 6.07) is 14.2. The lowest BCUT2D eigenvalue weighted by Gasteiger charge is -2.25. The third kappa shape index (κ3) is 1.52. The van der Waals surface area contributed by atoms with Crippen molar-refractivity contribution in [1.29, 1.82) is 0 Å². The van der Waals surface area contributed by atoms with Crippen molar-refractivity contribution >= 4 is 10.8 Å². The van der Waals surface area contributed by atoms with E-state index in [1.165, 1.54) is 12.1 Å². The van der Waals surface area contributed by atoms with Crippen LogP contribution in [-0.2, 0) is 10.3 Å². The molecule has 0 fully saturated rings. The third-order valence-corrected chi connectivity index (χ3v) is 4.71. The van der Waals surface area contributed by atoms with Gasteiger partial charge in [-0.15, -0.1) is 0 Å². The summed E-state index contributed by atoms with van der Waals surface area (Å²) in [6.45, 7) is 1.91. The summed E-state index contributed by atoms with van der Waals surface area (Å²) >= 11 is 0. The quantitative estimate of drug-likeness (QED) is 0.712. The van der Waals surface area contributed by atoms with E-state index >= 15 is 0 Å². The largest absolute Gasteiger partial charge is 0.507 e. The van der Waals surface area contributed by atoms with Crippen LogP contribution >= 0.6 is 0 Å². The number of hydrogen-bond donors (Lipinski definition) is 1. The Labute approximate surface area is 127 Å². The van der Waals surface area contributed by atoms with E-state index in [4.69, 9.17) is 4.74 Å². The Morgan fingerprint density at radius 3 is 2.45 bits per heavy atom. The SMILES string of the molecule is COC1(C)c2cc(F)ccc2-c2c1cc(O)c1ccccc21. The van der Waals surface area contributed by atoms with E-state index in [9.17, 15) is 9.50 Å².